The van der Waals surface area contributed by atoms with Crippen molar-refractivity contribution >= 4 is 11.6 Å². The molecule has 1 aliphatic rings. The lowest BCUT2D eigenvalue weighted by Crippen LogP contribution is -2.37. The van der Waals surface area contributed by atoms with Crippen molar-refractivity contribution < 1.29 is 9.90 Å². The van der Waals surface area contributed by atoms with Gasteiger partial charge in [0.2, 0.25) is 0 Å². The number of hydrogen-bond acceptors (Lipinski definition) is 3. The Morgan fingerprint density at radius 3 is 3.06 bits per heavy atom. The molecule has 0 spiro atoms. The highest BCUT2D eigenvalue weighted by Crippen LogP contribution is 2.23. The van der Waals surface area contributed by atoms with Gasteiger partial charge in [-0.3, -0.25) is 4.79 Å². The zero-order valence-electron chi connectivity index (χ0n) is 10.0. The summed E-state index contributed by atoms with van der Waals surface area (Å²) in [5.41, 5.74) is 7.90. The zero-order valence-corrected chi connectivity index (χ0v) is 10.0. The SMILES string of the molecule is Cc1ccc(N)c(C(=O)N2CCC[C@@H]2CO)c1. The number of aryl methyl sites for hydroxylation is 1. The minimum Gasteiger partial charge on any atom is -0.398 e. The van der Waals surface area contributed by atoms with E-state index in [1.165, 1.54) is 0 Å². The largest absolute Gasteiger partial charge is 0.398 e. The number of carbonyl (C=O) groups is 1. The molecule has 1 fully saturated rings. The van der Waals surface area contributed by atoms with Crippen LogP contribution in [0.5, 0.6) is 0 Å². The van der Waals surface area contributed by atoms with Gasteiger partial charge >= 0.3 is 0 Å². The minimum absolute atomic E-state index is 0.0253. The van der Waals surface area contributed by atoms with Crippen molar-refractivity contribution in [3.05, 3.63) is 29.3 Å². The molecule has 2 rings (SSSR count). The lowest BCUT2D eigenvalue weighted by atomic mass is 10.1. The summed E-state index contributed by atoms with van der Waals surface area (Å²) in [6.07, 6.45) is 1.82. The second-order valence-electron chi connectivity index (χ2n) is 4.57. The van der Waals surface area contributed by atoms with Crippen LogP contribution in [0.2, 0.25) is 0 Å². The van der Waals surface area contributed by atoms with Crippen molar-refractivity contribution in [2.24, 2.45) is 0 Å². The molecule has 1 aliphatic heterocycles. The summed E-state index contributed by atoms with van der Waals surface area (Å²) in [6, 6.07) is 5.40. The van der Waals surface area contributed by atoms with E-state index in [1.54, 1.807) is 11.0 Å². The number of hydrogen-bond donors (Lipinski definition) is 2. The van der Waals surface area contributed by atoms with Gasteiger partial charge in [0.1, 0.15) is 0 Å². The van der Waals surface area contributed by atoms with Crippen LogP contribution < -0.4 is 5.73 Å². The van der Waals surface area contributed by atoms with E-state index in [1.807, 2.05) is 19.1 Å². The van der Waals surface area contributed by atoms with Gasteiger partial charge in [-0.05, 0) is 31.9 Å². The van der Waals surface area contributed by atoms with Crippen LogP contribution in [0.4, 0.5) is 5.69 Å². The van der Waals surface area contributed by atoms with Gasteiger partial charge in [-0.2, -0.15) is 0 Å². The number of aliphatic hydroxyl groups excluding tert-OH is 1. The molecule has 1 atom stereocenters. The van der Waals surface area contributed by atoms with Crippen molar-refractivity contribution in [3.8, 4) is 0 Å². The quantitative estimate of drug-likeness (QED) is 0.755. The fourth-order valence-electron chi connectivity index (χ4n) is 2.30. The van der Waals surface area contributed by atoms with E-state index in [4.69, 9.17) is 5.73 Å². The topological polar surface area (TPSA) is 66.6 Å². The van der Waals surface area contributed by atoms with Crippen LogP contribution >= 0.6 is 0 Å². The number of benzene rings is 1. The number of nitrogens with zero attached hydrogens (tertiary/aromatic N) is 1. The van der Waals surface area contributed by atoms with Crippen LogP contribution in [0, 0.1) is 6.92 Å². The molecule has 4 nitrogen and oxygen atoms in total. The highest BCUT2D eigenvalue weighted by molar-refractivity contribution is 5.99. The Balaban J connectivity index is 2.27. The summed E-state index contributed by atoms with van der Waals surface area (Å²) in [5.74, 6) is -0.0669. The first-order chi connectivity index (χ1) is 8.13. The molecule has 0 bridgehead atoms. The number of likely N-dealkylation sites (tertiary alicyclic amines) is 1. The molecule has 1 aromatic rings. The number of anilines is 1. The Morgan fingerprint density at radius 2 is 2.35 bits per heavy atom. The van der Waals surface area contributed by atoms with E-state index >= 15 is 0 Å². The van der Waals surface area contributed by atoms with E-state index < -0.39 is 0 Å². The Labute approximate surface area is 101 Å². The molecule has 1 aromatic carbocycles. The molecule has 3 N–H and O–H groups in total. The number of rotatable bonds is 2. The second-order valence-corrected chi connectivity index (χ2v) is 4.57. The first-order valence-corrected chi connectivity index (χ1v) is 5.91. The zero-order chi connectivity index (χ0) is 12.4. The first kappa shape index (κ1) is 11.9. The van der Waals surface area contributed by atoms with E-state index in [0.29, 0.717) is 17.8 Å². The fourth-order valence-corrected chi connectivity index (χ4v) is 2.30. The molecule has 0 aromatic heterocycles. The monoisotopic (exact) mass is 234 g/mol. The maximum Gasteiger partial charge on any atom is 0.256 e. The number of aliphatic hydroxyl groups is 1. The lowest BCUT2D eigenvalue weighted by Gasteiger charge is -2.23. The number of nitrogen functional groups attached to an aromatic ring is 1. The average molecular weight is 234 g/mol. The Bertz CT molecular complexity index is 431. The van der Waals surface area contributed by atoms with Gasteiger partial charge < -0.3 is 15.7 Å². The molecule has 4 heteroatoms. The van der Waals surface area contributed by atoms with Crippen LogP contribution in [-0.2, 0) is 0 Å². The van der Waals surface area contributed by atoms with Gasteiger partial charge in [-0.25, -0.2) is 0 Å². The van der Waals surface area contributed by atoms with Crippen LogP contribution in [0.3, 0.4) is 0 Å². The molecular formula is C13H18N2O2. The van der Waals surface area contributed by atoms with Gasteiger partial charge in [-0.1, -0.05) is 11.6 Å². The van der Waals surface area contributed by atoms with Crippen molar-refractivity contribution in [2.75, 3.05) is 18.9 Å². The van der Waals surface area contributed by atoms with Gasteiger partial charge in [0, 0.05) is 12.2 Å². The standard InChI is InChI=1S/C13H18N2O2/c1-9-4-5-12(14)11(7-9)13(17)15-6-2-3-10(15)8-16/h4-5,7,10,16H,2-3,6,8,14H2,1H3/t10-/m1/s1. The number of nitrogens with two attached hydrogens (primary N) is 1. The van der Waals surface area contributed by atoms with Gasteiger partial charge in [-0.15, -0.1) is 0 Å². The Kier molecular flexibility index (Phi) is 3.33. The van der Waals surface area contributed by atoms with Crippen molar-refractivity contribution in [1.82, 2.24) is 4.90 Å². The molecule has 92 valence electrons. The summed E-state index contributed by atoms with van der Waals surface area (Å²) < 4.78 is 0. The Hall–Kier alpha value is -1.55. The molecule has 0 unspecified atom stereocenters. The molecular weight excluding hydrogens is 216 g/mol. The summed E-state index contributed by atoms with van der Waals surface area (Å²) in [6.45, 7) is 2.67. The van der Waals surface area contributed by atoms with Crippen LogP contribution in [0.15, 0.2) is 18.2 Å². The van der Waals surface area contributed by atoms with E-state index in [-0.39, 0.29) is 18.6 Å². The summed E-state index contributed by atoms with van der Waals surface area (Å²) >= 11 is 0. The maximum atomic E-state index is 12.3. The van der Waals surface area contributed by atoms with E-state index in [9.17, 15) is 9.90 Å². The Morgan fingerprint density at radius 1 is 1.59 bits per heavy atom. The third kappa shape index (κ3) is 2.26. The first-order valence-electron chi connectivity index (χ1n) is 5.91. The molecule has 0 aliphatic carbocycles. The van der Waals surface area contributed by atoms with Gasteiger partial charge in [0.05, 0.1) is 18.2 Å². The van der Waals surface area contributed by atoms with Gasteiger partial charge in [0.15, 0.2) is 0 Å². The minimum atomic E-state index is -0.0669. The molecule has 1 saturated heterocycles. The normalized spacial score (nSPS) is 19.6. The van der Waals surface area contributed by atoms with Gasteiger partial charge in [0.25, 0.3) is 5.91 Å². The predicted molar refractivity (Wildman–Crippen MR) is 66.7 cm³/mol. The number of carbonyl (C=O) groups excluding carboxylic acids is 1. The van der Waals surface area contributed by atoms with Crippen LogP contribution in [0.25, 0.3) is 0 Å². The van der Waals surface area contributed by atoms with Crippen molar-refractivity contribution in [2.45, 2.75) is 25.8 Å². The average Bonchev–Trinajstić information content (AvgIpc) is 2.79. The smallest absolute Gasteiger partial charge is 0.256 e. The number of amides is 1. The highest BCUT2D eigenvalue weighted by atomic mass is 16.3. The molecule has 1 heterocycles. The van der Waals surface area contributed by atoms with Crippen LogP contribution in [0.1, 0.15) is 28.8 Å². The van der Waals surface area contributed by atoms with E-state index in [0.717, 1.165) is 18.4 Å². The third-order valence-electron chi connectivity index (χ3n) is 3.29. The van der Waals surface area contributed by atoms with Crippen molar-refractivity contribution in [3.63, 3.8) is 0 Å². The summed E-state index contributed by atoms with van der Waals surface area (Å²) in [7, 11) is 0. The predicted octanol–water partition coefficient (Wildman–Crippen LogP) is 1.17. The van der Waals surface area contributed by atoms with Crippen molar-refractivity contribution in [1.29, 1.82) is 0 Å². The highest BCUT2D eigenvalue weighted by Gasteiger charge is 2.29. The summed E-state index contributed by atoms with van der Waals surface area (Å²) in [5, 5.41) is 9.23. The van der Waals surface area contributed by atoms with E-state index in [2.05, 4.69) is 0 Å². The second kappa shape index (κ2) is 4.75. The molecule has 17 heavy (non-hydrogen) atoms. The van der Waals surface area contributed by atoms with Crippen LogP contribution in [-0.4, -0.2) is 35.1 Å². The maximum absolute atomic E-state index is 12.3. The lowest BCUT2D eigenvalue weighted by molar-refractivity contribution is 0.0678. The third-order valence-corrected chi connectivity index (χ3v) is 3.29. The summed E-state index contributed by atoms with van der Waals surface area (Å²) in [4.78, 5) is 14.1. The molecule has 1 amide bonds. The fraction of sp³-hybridized carbons (Fsp3) is 0.462. The molecule has 0 radical (unpaired) electrons. The molecule has 0 saturated carbocycles.